The molecule has 1 aromatic rings. The van der Waals surface area contributed by atoms with Crippen molar-refractivity contribution in [1.29, 1.82) is 0 Å². The van der Waals surface area contributed by atoms with Crippen molar-refractivity contribution in [3.05, 3.63) is 18.2 Å². The Labute approximate surface area is 126 Å². The van der Waals surface area contributed by atoms with E-state index in [9.17, 15) is 8.42 Å². The summed E-state index contributed by atoms with van der Waals surface area (Å²) in [6, 6.07) is 4.54. The maximum absolute atomic E-state index is 11.2. The number of primary sulfonamides is 1. The lowest BCUT2D eigenvalue weighted by Gasteiger charge is -2.29. The van der Waals surface area contributed by atoms with Crippen molar-refractivity contribution >= 4 is 21.4 Å². The van der Waals surface area contributed by atoms with Crippen LogP contribution in [-0.4, -0.2) is 40.0 Å². The third-order valence-corrected chi connectivity index (χ3v) is 4.97. The smallest absolute Gasteiger partial charge is 0.238 e. The molecule has 0 atom stereocenters. The lowest BCUT2D eigenvalue weighted by Crippen LogP contribution is -2.30. The molecular formula is C14H24N4O2S. The SMILES string of the molecule is CN1CCC(CCNc2ccc(S(N)(=O)=O)cc2N)CC1. The molecule has 0 aliphatic carbocycles. The van der Waals surface area contributed by atoms with E-state index < -0.39 is 10.0 Å². The first-order valence-electron chi connectivity index (χ1n) is 7.21. The minimum absolute atomic E-state index is 0.0425. The second-order valence-electron chi connectivity index (χ2n) is 5.76. The second kappa shape index (κ2) is 6.64. The van der Waals surface area contributed by atoms with Gasteiger partial charge in [-0.1, -0.05) is 0 Å². The van der Waals surface area contributed by atoms with E-state index in [1.165, 1.54) is 25.0 Å². The third-order valence-electron chi connectivity index (χ3n) is 4.06. The predicted octanol–water partition coefficient (Wildman–Crippen LogP) is 1.06. The van der Waals surface area contributed by atoms with Crippen molar-refractivity contribution in [2.45, 2.75) is 24.2 Å². The van der Waals surface area contributed by atoms with Gasteiger partial charge < -0.3 is 16.0 Å². The fourth-order valence-corrected chi connectivity index (χ4v) is 3.19. The largest absolute Gasteiger partial charge is 0.397 e. The molecule has 1 aliphatic rings. The highest BCUT2D eigenvalue weighted by Crippen LogP contribution is 2.23. The number of nitrogens with two attached hydrogens (primary N) is 2. The lowest BCUT2D eigenvalue weighted by atomic mass is 9.94. The van der Waals surface area contributed by atoms with Crippen LogP contribution in [0.2, 0.25) is 0 Å². The summed E-state index contributed by atoms with van der Waals surface area (Å²) in [6.07, 6.45) is 3.57. The number of likely N-dealkylation sites (tertiary alicyclic amines) is 1. The molecule has 1 saturated heterocycles. The predicted molar refractivity (Wildman–Crippen MR) is 85.6 cm³/mol. The van der Waals surface area contributed by atoms with Gasteiger partial charge in [0, 0.05) is 6.54 Å². The first-order valence-corrected chi connectivity index (χ1v) is 8.75. The molecule has 0 aromatic heterocycles. The summed E-state index contributed by atoms with van der Waals surface area (Å²) in [5.74, 6) is 0.749. The van der Waals surface area contributed by atoms with Crippen LogP contribution in [0.4, 0.5) is 11.4 Å². The number of hydrogen-bond acceptors (Lipinski definition) is 5. The van der Waals surface area contributed by atoms with Crippen LogP contribution in [0.15, 0.2) is 23.1 Å². The van der Waals surface area contributed by atoms with Crippen LogP contribution in [0.25, 0.3) is 0 Å². The molecule has 1 heterocycles. The van der Waals surface area contributed by atoms with Crippen molar-refractivity contribution in [3.63, 3.8) is 0 Å². The fourth-order valence-electron chi connectivity index (χ4n) is 2.64. The molecule has 1 fully saturated rings. The maximum Gasteiger partial charge on any atom is 0.238 e. The van der Waals surface area contributed by atoms with E-state index in [2.05, 4.69) is 17.3 Å². The molecule has 21 heavy (non-hydrogen) atoms. The van der Waals surface area contributed by atoms with E-state index in [0.717, 1.165) is 37.7 Å². The molecule has 0 saturated carbocycles. The highest BCUT2D eigenvalue weighted by atomic mass is 32.2. The number of hydrogen-bond donors (Lipinski definition) is 3. The Balaban J connectivity index is 1.86. The van der Waals surface area contributed by atoms with Gasteiger partial charge in [-0.25, -0.2) is 13.6 Å². The summed E-state index contributed by atoms with van der Waals surface area (Å²) in [5.41, 5.74) is 7.03. The Morgan fingerprint density at radius 1 is 1.33 bits per heavy atom. The number of nitrogen functional groups attached to an aromatic ring is 1. The van der Waals surface area contributed by atoms with Crippen molar-refractivity contribution < 1.29 is 8.42 Å². The number of nitrogens with zero attached hydrogens (tertiary/aromatic N) is 1. The normalized spacial score (nSPS) is 17.8. The van der Waals surface area contributed by atoms with Gasteiger partial charge in [-0.3, -0.25) is 0 Å². The van der Waals surface area contributed by atoms with Gasteiger partial charge in [-0.15, -0.1) is 0 Å². The van der Waals surface area contributed by atoms with Crippen LogP contribution >= 0.6 is 0 Å². The lowest BCUT2D eigenvalue weighted by molar-refractivity contribution is 0.215. The van der Waals surface area contributed by atoms with E-state index in [4.69, 9.17) is 10.9 Å². The highest BCUT2D eigenvalue weighted by Gasteiger charge is 2.16. The topological polar surface area (TPSA) is 101 Å². The van der Waals surface area contributed by atoms with E-state index in [0.29, 0.717) is 5.69 Å². The Kier molecular flexibility index (Phi) is 5.08. The molecule has 0 spiro atoms. The number of anilines is 2. The van der Waals surface area contributed by atoms with Gasteiger partial charge in [0.1, 0.15) is 0 Å². The monoisotopic (exact) mass is 312 g/mol. The van der Waals surface area contributed by atoms with Gasteiger partial charge in [-0.05, 0) is 63.5 Å². The number of rotatable bonds is 5. The van der Waals surface area contributed by atoms with Crippen molar-refractivity contribution in [1.82, 2.24) is 4.90 Å². The van der Waals surface area contributed by atoms with Crippen LogP contribution in [0.1, 0.15) is 19.3 Å². The van der Waals surface area contributed by atoms with Crippen LogP contribution in [0.5, 0.6) is 0 Å². The van der Waals surface area contributed by atoms with Gasteiger partial charge in [0.05, 0.1) is 16.3 Å². The minimum atomic E-state index is -3.70. The summed E-state index contributed by atoms with van der Waals surface area (Å²) in [7, 11) is -1.54. The van der Waals surface area contributed by atoms with Gasteiger partial charge in [0.25, 0.3) is 0 Å². The Hall–Kier alpha value is -1.31. The first-order chi connectivity index (χ1) is 9.86. The highest BCUT2D eigenvalue weighted by molar-refractivity contribution is 7.89. The average Bonchev–Trinajstić information content (AvgIpc) is 2.41. The summed E-state index contributed by atoms with van der Waals surface area (Å²) in [4.78, 5) is 2.40. The summed E-state index contributed by atoms with van der Waals surface area (Å²) in [6.45, 7) is 3.17. The van der Waals surface area contributed by atoms with E-state index in [-0.39, 0.29) is 4.90 Å². The van der Waals surface area contributed by atoms with Gasteiger partial charge >= 0.3 is 0 Å². The molecule has 7 heteroatoms. The zero-order valence-corrected chi connectivity index (χ0v) is 13.2. The van der Waals surface area contributed by atoms with Crippen LogP contribution in [0.3, 0.4) is 0 Å². The minimum Gasteiger partial charge on any atom is -0.397 e. The molecule has 6 nitrogen and oxygen atoms in total. The number of benzene rings is 1. The second-order valence-corrected chi connectivity index (χ2v) is 7.32. The van der Waals surface area contributed by atoms with Crippen molar-refractivity contribution in [3.8, 4) is 0 Å². The maximum atomic E-state index is 11.2. The molecule has 0 amide bonds. The number of piperidine rings is 1. The molecule has 0 unspecified atom stereocenters. The van der Waals surface area contributed by atoms with Crippen LogP contribution in [0, 0.1) is 5.92 Å². The summed E-state index contributed by atoms with van der Waals surface area (Å²) >= 11 is 0. The molecule has 1 aromatic carbocycles. The third kappa shape index (κ3) is 4.59. The van der Waals surface area contributed by atoms with Gasteiger partial charge in [0.15, 0.2) is 0 Å². The molecule has 1 aliphatic heterocycles. The summed E-state index contributed by atoms with van der Waals surface area (Å²) in [5, 5.41) is 8.35. The Bertz CT molecular complexity index is 581. The van der Waals surface area contributed by atoms with Gasteiger partial charge in [0.2, 0.25) is 10.0 Å². The standard InChI is InChI=1S/C14H24N4O2S/c1-18-8-5-11(6-9-18)4-7-17-14-3-2-12(10-13(14)15)21(16,19)20/h2-3,10-11,17H,4-9,15H2,1H3,(H2,16,19,20). The quantitative estimate of drug-likeness (QED) is 0.706. The molecule has 5 N–H and O–H groups in total. The number of sulfonamides is 1. The zero-order chi connectivity index (χ0) is 15.5. The summed E-state index contributed by atoms with van der Waals surface area (Å²) < 4.78 is 22.5. The Morgan fingerprint density at radius 2 is 2.00 bits per heavy atom. The molecule has 0 radical (unpaired) electrons. The van der Waals surface area contributed by atoms with Gasteiger partial charge in [-0.2, -0.15) is 0 Å². The number of nitrogens with one attached hydrogen (secondary N) is 1. The van der Waals surface area contributed by atoms with Crippen LogP contribution in [-0.2, 0) is 10.0 Å². The Morgan fingerprint density at radius 3 is 2.57 bits per heavy atom. The fraction of sp³-hybridized carbons (Fsp3) is 0.571. The van der Waals surface area contributed by atoms with Crippen molar-refractivity contribution in [2.75, 3.05) is 37.7 Å². The van der Waals surface area contributed by atoms with Crippen molar-refractivity contribution in [2.24, 2.45) is 11.1 Å². The zero-order valence-electron chi connectivity index (χ0n) is 12.4. The average molecular weight is 312 g/mol. The molecule has 118 valence electrons. The van der Waals surface area contributed by atoms with E-state index in [1.54, 1.807) is 6.07 Å². The first kappa shape index (κ1) is 16.1. The molecular weight excluding hydrogens is 288 g/mol. The van der Waals surface area contributed by atoms with E-state index >= 15 is 0 Å². The van der Waals surface area contributed by atoms with Crippen LogP contribution < -0.4 is 16.2 Å². The van der Waals surface area contributed by atoms with E-state index in [1.807, 2.05) is 0 Å². The molecule has 2 rings (SSSR count). The molecule has 0 bridgehead atoms.